The predicted octanol–water partition coefficient (Wildman–Crippen LogP) is 5.28. The maximum atomic E-state index is 4.24. The Morgan fingerprint density at radius 3 is 1.88 bits per heavy atom. The molecular weight excluding hydrogens is 192 g/mol. The standard InChI is InChI=1S/C16H26/c1-13(2)7-8-14(3)16(6)11-9-15(4,5)10-12-16/h7-8H,1,3,9-12H2,2,4-6H3/b8-7-. The lowest BCUT2D eigenvalue weighted by molar-refractivity contribution is 0.149. The maximum Gasteiger partial charge on any atom is -0.00807 e. The third kappa shape index (κ3) is 3.37. The van der Waals surface area contributed by atoms with Gasteiger partial charge in [-0.1, -0.05) is 51.7 Å². The molecule has 1 rings (SSSR count). The maximum absolute atomic E-state index is 4.24. The fraction of sp³-hybridized carbons (Fsp3) is 0.625. The van der Waals surface area contributed by atoms with Crippen LogP contribution in [0, 0.1) is 10.8 Å². The molecule has 0 aliphatic heterocycles. The van der Waals surface area contributed by atoms with E-state index in [2.05, 4.69) is 46.1 Å². The van der Waals surface area contributed by atoms with Crippen LogP contribution in [0.5, 0.6) is 0 Å². The molecule has 1 aliphatic carbocycles. The van der Waals surface area contributed by atoms with Crippen LogP contribution in [0.2, 0.25) is 0 Å². The largest absolute Gasteiger partial charge is 0.0961 e. The summed E-state index contributed by atoms with van der Waals surface area (Å²) in [4.78, 5) is 0. The van der Waals surface area contributed by atoms with Crippen LogP contribution in [0.1, 0.15) is 53.4 Å². The monoisotopic (exact) mass is 218 g/mol. The van der Waals surface area contributed by atoms with E-state index in [1.54, 1.807) is 0 Å². The van der Waals surface area contributed by atoms with E-state index in [1.165, 1.54) is 31.3 Å². The molecule has 0 aromatic heterocycles. The second-order valence-corrected chi connectivity index (χ2v) is 6.43. The van der Waals surface area contributed by atoms with Gasteiger partial charge in [-0.05, 0) is 49.0 Å². The van der Waals surface area contributed by atoms with E-state index in [0.29, 0.717) is 10.8 Å². The molecule has 0 heteroatoms. The molecule has 90 valence electrons. The van der Waals surface area contributed by atoms with Crippen LogP contribution in [0.25, 0.3) is 0 Å². The third-order valence-corrected chi connectivity index (χ3v) is 4.05. The van der Waals surface area contributed by atoms with Crippen molar-refractivity contribution in [2.75, 3.05) is 0 Å². The Morgan fingerprint density at radius 1 is 0.938 bits per heavy atom. The summed E-state index contributed by atoms with van der Waals surface area (Å²) in [6.45, 7) is 17.3. The van der Waals surface area contributed by atoms with Crippen molar-refractivity contribution < 1.29 is 0 Å². The molecule has 0 N–H and O–H groups in total. The summed E-state index contributed by atoms with van der Waals surface area (Å²) in [6.07, 6.45) is 9.37. The van der Waals surface area contributed by atoms with Gasteiger partial charge >= 0.3 is 0 Å². The van der Waals surface area contributed by atoms with Gasteiger partial charge in [0.2, 0.25) is 0 Å². The predicted molar refractivity (Wildman–Crippen MR) is 73.5 cm³/mol. The molecule has 0 atom stereocenters. The lowest BCUT2D eigenvalue weighted by atomic mass is 9.63. The molecule has 0 amide bonds. The highest BCUT2D eigenvalue weighted by Gasteiger charge is 2.35. The van der Waals surface area contributed by atoms with Gasteiger partial charge in [0.1, 0.15) is 0 Å². The molecule has 0 radical (unpaired) electrons. The minimum atomic E-state index is 0.307. The fourth-order valence-electron chi connectivity index (χ4n) is 2.24. The first-order valence-corrected chi connectivity index (χ1v) is 6.28. The van der Waals surface area contributed by atoms with Crippen molar-refractivity contribution in [2.45, 2.75) is 53.4 Å². The smallest absolute Gasteiger partial charge is 0.00807 e. The Bertz CT molecular complexity index is 305. The Kier molecular flexibility index (Phi) is 3.83. The first-order valence-electron chi connectivity index (χ1n) is 6.28. The molecule has 0 spiro atoms. The molecule has 0 saturated heterocycles. The average Bonchev–Trinajstić information content (AvgIpc) is 2.19. The topological polar surface area (TPSA) is 0 Å². The molecule has 0 heterocycles. The highest BCUT2D eigenvalue weighted by molar-refractivity contribution is 5.28. The Balaban J connectivity index is 2.66. The Labute approximate surface area is 101 Å². The molecule has 0 aromatic rings. The second-order valence-electron chi connectivity index (χ2n) is 6.43. The van der Waals surface area contributed by atoms with Crippen LogP contribution >= 0.6 is 0 Å². The summed E-state index contributed by atoms with van der Waals surface area (Å²) in [5, 5.41) is 0. The van der Waals surface area contributed by atoms with Crippen molar-refractivity contribution in [1.29, 1.82) is 0 Å². The summed E-state index contributed by atoms with van der Waals surface area (Å²) in [7, 11) is 0. The molecule has 1 fully saturated rings. The van der Waals surface area contributed by atoms with Crippen molar-refractivity contribution in [3.8, 4) is 0 Å². The van der Waals surface area contributed by atoms with Crippen LogP contribution in [0.15, 0.2) is 36.5 Å². The zero-order valence-corrected chi connectivity index (χ0v) is 11.4. The normalized spacial score (nSPS) is 23.2. The number of rotatable bonds is 3. The van der Waals surface area contributed by atoms with E-state index < -0.39 is 0 Å². The van der Waals surface area contributed by atoms with Gasteiger partial charge in [0.15, 0.2) is 0 Å². The number of hydrogen-bond donors (Lipinski definition) is 0. The Morgan fingerprint density at radius 2 is 1.44 bits per heavy atom. The molecule has 0 unspecified atom stereocenters. The van der Waals surface area contributed by atoms with Gasteiger partial charge in [0.05, 0.1) is 0 Å². The summed E-state index contributed by atoms with van der Waals surface area (Å²) < 4.78 is 0. The van der Waals surface area contributed by atoms with Crippen molar-refractivity contribution >= 4 is 0 Å². The van der Waals surface area contributed by atoms with Gasteiger partial charge in [0.25, 0.3) is 0 Å². The van der Waals surface area contributed by atoms with Crippen LogP contribution in [-0.2, 0) is 0 Å². The van der Waals surface area contributed by atoms with Crippen molar-refractivity contribution in [3.63, 3.8) is 0 Å². The zero-order chi connectivity index (χ0) is 12.4. The summed E-state index contributed by atoms with van der Waals surface area (Å²) in [6, 6.07) is 0. The van der Waals surface area contributed by atoms with Gasteiger partial charge in [-0.15, -0.1) is 0 Å². The molecule has 0 bridgehead atoms. The lowest BCUT2D eigenvalue weighted by Crippen LogP contribution is -2.29. The molecule has 1 saturated carbocycles. The summed E-state index contributed by atoms with van der Waals surface area (Å²) >= 11 is 0. The van der Waals surface area contributed by atoms with E-state index >= 15 is 0 Å². The zero-order valence-electron chi connectivity index (χ0n) is 11.4. The lowest BCUT2D eigenvalue weighted by Gasteiger charge is -2.42. The van der Waals surface area contributed by atoms with Crippen LogP contribution < -0.4 is 0 Å². The summed E-state index contributed by atoms with van der Waals surface area (Å²) in [5.74, 6) is 0. The second kappa shape index (κ2) is 4.61. The molecule has 0 aromatic carbocycles. The van der Waals surface area contributed by atoms with Crippen molar-refractivity contribution in [2.24, 2.45) is 10.8 Å². The fourth-order valence-corrected chi connectivity index (χ4v) is 2.24. The van der Waals surface area contributed by atoms with Crippen molar-refractivity contribution in [3.05, 3.63) is 36.5 Å². The van der Waals surface area contributed by atoms with Gasteiger partial charge in [-0.2, -0.15) is 0 Å². The number of allylic oxidation sites excluding steroid dienone is 4. The quantitative estimate of drug-likeness (QED) is 0.565. The number of hydrogen-bond acceptors (Lipinski definition) is 0. The summed E-state index contributed by atoms with van der Waals surface area (Å²) in [5.41, 5.74) is 3.20. The van der Waals surface area contributed by atoms with E-state index in [0.717, 1.165) is 5.57 Å². The average molecular weight is 218 g/mol. The Hall–Kier alpha value is -0.780. The van der Waals surface area contributed by atoms with Crippen molar-refractivity contribution in [1.82, 2.24) is 0 Å². The minimum Gasteiger partial charge on any atom is -0.0961 e. The van der Waals surface area contributed by atoms with Crippen LogP contribution in [-0.4, -0.2) is 0 Å². The molecule has 0 nitrogen and oxygen atoms in total. The minimum absolute atomic E-state index is 0.307. The first kappa shape index (κ1) is 13.3. The van der Waals surface area contributed by atoms with E-state index in [4.69, 9.17) is 0 Å². The van der Waals surface area contributed by atoms with Gasteiger partial charge in [-0.25, -0.2) is 0 Å². The van der Waals surface area contributed by atoms with Crippen LogP contribution in [0.3, 0.4) is 0 Å². The van der Waals surface area contributed by atoms with E-state index in [1.807, 2.05) is 6.92 Å². The van der Waals surface area contributed by atoms with Crippen LogP contribution in [0.4, 0.5) is 0 Å². The molecular formula is C16H26. The highest BCUT2D eigenvalue weighted by Crippen LogP contribution is 2.48. The van der Waals surface area contributed by atoms with Gasteiger partial charge < -0.3 is 0 Å². The first-order chi connectivity index (χ1) is 7.25. The van der Waals surface area contributed by atoms with Gasteiger partial charge in [-0.3, -0.25) is 0 Å². The van der Waals surface area contributed by atoms with E-state index in [-0.39, 0.29) is 0 Å². The SMILES string of the molecule is C=C(C)/C=C\C(=C)C1(C)CCC(C)(C)CC1. The molecule has 1 aliphatic rings. The third-order valence-electron chi connectivity index (χ3n) is 4.05. The van der Waals surface area contributed by atoms with Gasteiger partial charge in [0, 0.05) is 0 Å². The highest BCUT2D eigenvalue weighted by atomic mass is 14.4. The van der Waals surface area contributed by atoms with E-state index in [9.17, 15) is 0 Å². The molecule has 16 heavy (non-hydrogen) atoms.